The van der Waals surface area contributed by atoms with Gasteiger partial charge in [0.2, 0.25) is 0 Å². The predicted molar refractivity (Wildman–Crippen MR) is 130 cm³/mol. The van der Waals surface area contributed by atoms with Gasteiger partial charge in [0.15, 0.2) is 0 Å². The first-order valence-electron chi connectivity index (χ1n) is 11.0. The van der Waals surface area contributed by atoms with Crippen molar-refractivity contribution >= 4 is 11.6 Å². The number of anilines is 1. The van der Waals surface area contributed by atoms with E-state index >= 15 is 0 Å². The van der Waals surface area contributed by atoms with Gasteiger partial charge in [-0.3, -0.25) is 19.6 Å². The van der Waals surface area contributed by atoms with Crippen molar-refractivity contribution in [3.63, 3.8) is 0 Å². The van der Waals surface area contributed by atoms with Crippen LogP contribution in [0.4, 0.5) is 5.69 Å². The molecule has 34 heavy (non-hydrogen) atoms. The summed E-state index contributed by atoms with van der Waals surface area (Å²) in [4.78, 5) is 27.1. The van der Waals surface area contributed by atoms with Crippen molar-refractivity contribution in [2.45, 2.75) is 26.1 Å². The molecule has 0 saturated carbocycles. The fourth-order valence-corrected chi connectivity index (χ4v) is 3.46. The van der Waals surface area contributed by atoms with Crippen LogP contribution in [-0.4, -0.2) is 26.0 Å². The van der Waals surface area contributed by atoms with Crippen LogP contribution in [0, 0.1) is 0 Å². The summed E-state index contributed by atoms with van der Waals surface area (Å²) >= 11 is 0. The zero-order valence-corrected chi connectivity index (χ0v) is 18.8. The molecule has 7 nitrogen and oxygen atoms in total. The van der Waals surface area contributed by atoms with Crippen molar-refractivity contribution in [1.82, 2.24) is 15.0 Å². The monoisotopic (exact) mass is 454 g/mol. The minimum atomic E-state index is -0.291. The highest BCUT2D eigenvalue weighted by atomic mass is 16.7. The molecule has 4 rings (SSSR count). The molecule has 1 unspecified atom stereocenters. The molecular formula is C27H26N4O3. The first-order valence-corrected chi connectivity index (χ1v) is 11.0. The van der Waals surface area contributed by atoms with Crippen LogP contribution < -0.4 is 5.32 Å². The highest BCUT2D eigenvalue weighted by Crippen LogP contribution is 2.25. The molecule has 2 aromatic carbocycles. The summed E-state index contributed by atoms with van der Waals surface area (Å²) in [5, 5.41) is 14.5. The Balaban J connectivity index is 1.47. The highest BCUT2D eigenvalue weighted by molar-refractivity contribution is 6.05. The summed E-state index contributed by atoms with van der Waals surface area (Å²) in [6.45, 7) is 2.99. The zero-order valence-electron chi connectivity index (χ0n) is 18.8. The van der Waals surface area contributed by atoms with E-state index in [0.29, 0.717) is 24.4 Å². The van der Waals surface area contributed by atoms with Gasteiger partial charge in [0.25, 0.3) is 5.91 Å². The molecule has 2 N–H and O–H groups in total. The number of carbonyl (C=O) groups excluding carboxylic acids is 1. The van der Waals surface area contributed by atoms with Gasteiger partial charge in [0, 0.05) is 30.4 Å². The SMILES string of the molecule is CC(c1ccc(C(=O)Nc2ccccc2O)cc1)N(Cc1cccnc1)OCc1cccnc1. The molecule has 1 atom stereocenters. The third-order valence-corrected chi connectivity index (χ3v) is 5.42. The van der Waals surface area contributed by atoms with Gasteiger partial charge in [0.1, 0.15) is 5.75 Å². The molecule has 0 radical (unpaired) electrons. The summed E-state index contributed by atoms with van der Waals surface area (Å²) in [5.74, 6) is -0.265. The summed E-state index contributed by atoms with van der Waals surface area (Å²) in [6, 6.07) is 21.7. The summed E-state index contributed by atoms with van der Waals surface area (Å²) in [6.07, 6.45) is 7.08. The molecule has 4 aromatic rings. The minimum absolute atomic E-state index is 0.0258. The third kappa shape index (κ3) is 6.04. The molecular weight excluding hydrogens is 428 g/mol. The lowest BCUT2D eigenvalue weighted by Crippen LogP contribution is -2.27. The highest BCUT2D eigenvalue weighted by Gasteiger charge is 2.19. The van der Waals surface area contributed by atoms with Gasteiger partial charge in [-0.1, -0.05) is 36.4 Å². The van der Waals surface area contributed by atoms with Gasteiger partial charge in [-0.25, -0.2) is 0 Å². The maximum Gasteiger partial charge on any atom is 0.255 e. The van der Waals surface area contributed by atoms with E-state index in [0.717, 1.165) is 16.7 Å². The number of aromatic nitrogens is 2. The normalized spacial score (nSPS) is 11.8. The molecule has 0 spiro atoms. The van der Waals surface area contributed by atoms with E-state index in [4.69, 9.17) is 4.84 Å². The fourth-order valence-electron chi connectivity index (χ4n) is 3.46. The Morgan fingerprint density at radius 2 is 1.62 bits per heavy atom. The number of pyridine rings is 2. The van der Waals surface area contributed by atoms with Crippen LogP contribution in [0.1, 0.15) is 40.0 Å². The number of carbonyl (C=O) groups is 1. The maximum absolute atomic E-state index is 12.6. The molecule has 0 aliphatic heterocycles. The number of nitrogens with one attached hydrogen (secondary N) is 1. The average Bonchev–Trinajstić information content (AvgIpc) is 2.89. The molecule has 0 aliphatic carbocycles. The lowest BCUT2D eigenvalue weighted by Gasteiger charge is -2.28. The van der Waals surface area contributed by atoms with Gasteiger partial charge in [-0.15, -0.1) is 0 Å². The number of hydrogen-bond donors (Lipinski definition) is 2. The number of benzene rings is 2. The molecule has 172 valence electrons. The number of rotatable bonds is 9. The van der Waals surface area contributed by atoms with Crippen LogP contribution in [0.25, 0.3) is 0 Å². The number of hydroxylamine groups is 2. The minimum Gasteiger partial charge on any atom is -0.506 e. The molecule has 2 heterocycles. The van der Waals surface area contributed by atoms with E-state index in [2.05, 4.69) is 22.2 Å². The Bertz CT molecular complexity index is 1200. The van der Waals surface area contributed by atoms with Gasteiger partial charge in [-0.2, -0.15) is 5.06 Å². The first-order chi connectivity index (χ1) is 16.6. The maximum atomic E-state index is 12.6. The Kier molecular flexibility index (Phi) is 7.60. The second-order valence-corrected chi connectivity index (χ2v) is 7.84. The Labute approximate surface area is 198 Å². The molecule has 0 fully saturated rings. The fraction of sp³-hybridized carbons (Fsp3) is 0.148. The number of nitrogens with zero attached hydrogens (tertiary/aromatic N) is 3. The molecule has 0 aliphatic rings. The van der Waals surface area contributed by atoms with E-state index in [-0.39, 0.29) is 17.7 Å². The van der Waals surface area contributed by atoms with E-state index in [1.54, 1.807) is 48.9 Å². The van der Waals surface area contributed by atoms with E-state index in [9.17, 15) is 9.90 Å². The Hall–Kier alpha value is -4.07. The van der Waals surface area contributed by atoms with Crippen molar-refractivity contribution in [3.05, 3.63) is 120 Å². The lowest BCUT2D eigenvalue weighted by molar-refractivity contribution is -0.202. The van der Waals surface area contributed by atoms with Crippen LogP contribution in [0.2, 0.25) is 0 Å². The number of phenolic OH excluding ortho intramolecular Hbond substituents is 1. The number of aromatic hydroxyl groups is 1. The smallest absolute Gasteiger partial charge is 0.255 e. The van der Waals surface area contributed by atoms with E-state index in [1.165, 1.54) is 6.07 Å². The summed E-state index contributed by atoms with van der Waals surface area (Å²) in [5.41, 5.74) is 3.86. The van der Waals surface area contributed by atoms with Crippen LogP contribution in [-0.2, 0) is 18.0 Å². The average molecular weight is 455 g/mol. The van der Waals surface area contributed by atoms with Gasteiger partial charge in [-0.05, 0) is 60.0 Å². The van der Waals surface area contributed by atoms with Gasteiger partial charge < -0.3 is 10.4 Å². The number of hydrogen-bond acceptors (Lipinski definition) is 6. The number of para-hydroxylation sites is 2. The van der Waals surface area contributed by atoms with Gasteiger partial charge in [0.05, 0.1) is 24.9 Å². The van der Waals surface area contributed by atoms with Crippen molar-refractivity contribution in [2.75, 3.05) is 5.32 Å². The molecule has 2 aromatic heterocycles. The summed E-state index contributed by atoms with van der Waals surface area (Å²) < 4.78 is 0. The lowest BCUT2D eigenvalue weighted by atomic mass is 10.0. The molecule has 7 heteroatoms. The van der Waals surface area contributed by atoms with Crippen molar-refractivity contribution in [1.29, 1.82) is 0 Å². The zero-order chi connectivity index (χ0) is 23.8. The standard InChI is InChI=1S/C27H26N4O3/c1-20(23-10-12-24(13-11-23)27(33)30-25-8-2-3-9-26(25)32)31(18-21-6-4-14-28-16-21)34-19-22-7-5-15-29-17-22/h2-17,20,32H,18-19H2,1H3,(H,30,33). The second-order valence-electron chi connectivity index (χ2n) is 7.84. The molecule has 0 saturated heterocycles. The van der Waals surface area contributed by atoms with E-state index in [1.807, 2.05) is 47.7 Å². The van der Waals surface area contributed by atoms with Crippen molar-refractivity contribution in [2.24, 2.45) is 0 Å². The molecule has 0 bridgehead atoms. The largest absolute Gasteiger partial charge is 0.506 e. The van der Waals surface area contributed by atoms with Crippen LogP contribution in [0.15, 0.2) is 97.6 Å². The first kappa shape index (κ1) is 23.1. The van der Waals surface area contributed by atoms with Gasteiger partial charge >= 0.3 is 0 Å². The predicted octanol–water partition coefficient (Wildman–Crippen LogP) is 5.13. The topological polar surface area (TPSA) is 87.6 Å². The van der Waals surface area contributed by atoms with Crippen LogP contribution in [0.3, 0.4) is 0 Å². The number of phenols is 1. The quantitative estimate of drug-likeness (QED) is 0.269. The van der Waals surface area contributed by atoms with E-state index < -0.39 is 0 Å². The molecule has 1 amide bonds. The Morgan fingerprint density at radius 1 is 0.941 bits per heavy atom. The second kappa shape index (κ2) is 11.2. The van der Waals surface area contributed by atoms with Crippen molar-refractivity contribution in [3.8, 4) is 5.75 Å². The summed E-state index contributed by atoms with van der Waals surface area (Å²) in [7, 11) is 0. The van der Waals surface area contributed by atoms with Crippen molar-refractivity contribution < 1.29 is 14.7 Å². The van der Waals surface area contributed by atoms with Crippen LogP contribution >= 0.6 is 0 Å². The Morgan fingerprint density at radius 3 is 2.26 bits per heavy atom. The third-order valence-electron chi connectivity index (χ3n) is 5.42. The van der Waals surface area contributed by atoms with Crippen LogP contribution in [0.5, 0.6) is 5.75 Å². The number of amides is 1.